The topological polar surface area (TPSA) is 56.8 Å². The van der Waals surface area contributed by atoms with Gasteiger partial charge in [-0.05, 0) is 50.2 Å². The first-order chi connectivity index (χ1) is 14.7. The number of likely N-dealkylation sites (tertiary alicyclic amines) is 1. The fourth-order valence-corrected chi connectivity index (χ4v) is 5.32. The molecule has 1 aromatic rings. The highest BCUT2D eigenvalue weighted by atomic mass is 16.2. The maximum Gasteiger partial charge on any atom is 0.225 e. The minimum absolute atomic E-state index is 0.259. The molecular formula is C24H36N4O2. The average molecular weight is 413 g/mol. The van der Waals surface area contributed by atoms with Gasteiger partial charge in [-0.3, -0.25) is 9.59 Å². The average Bonchev–Trinajstić information content (AvgIpc) is 2.83. The van der Waals surface area contributed by atoms with Gasteiger partial charge in [-0.2, -0.15) is 0 Å². The number of anilines is 1. The molecule has 2 saturated heterocycles. The summed E-state index contributed by atoms with van der Waals surface area (Å²) in [6, 6.07) is 5.96. The molecule has 0 spiro atoms. The Bertz CT molecular complexity index is 696. The van der Waals surface area contributed by atoms with Crippen molar-refractivity contribution in [3.63, 3.8) is 0 Å². The normalized spacial score (nSPS) is 23.5. The third kappa shape index (κ3) is 5.32. The summed E-state index contributed by atoms with van der Waals surface area (Å²) in [5.41, 5.74) is 0. The number of carbonyl (C=O) groups is 2. The van der Waals surface area contributed by atoms with E-state index in [-0.39, 0.29) is 11.8 Å². The van der Waals surface area contributed by atoms with Crippen molar-refractivity contribution in [2.45, 2.75) is 57.8 Å². The second-order valence-electron chi connectivity index (χ2n) is 9.22. The van der Waals surface area contributed by atoms with E-state index in [2.05, 4.69) is 14.8 Å². The predicted molar refractivity (Wildman–Crippen MR) is 118 cm³/mol. The molecule has 0 aromatic carbocycles. The first-order valence-electron chi connectivity index (χ1n) is 11.9. The number of amides is 2. The molecular weight excluding hydrogens is 376 g/mol. The van der Waals surface area contributed by atoms with Crippen molar-refractivity contribution >= 4 is 17.6 Å². The summed E-state index contributed by atoms with van der Waals surface area (Å²) < 4.78 is 0. The Morgan fingerprint density at radius 3 is 2.43 bits per heavy atom. The summed E-state index contributed by atoms with van der Waals surface area (Å²) in [7, 11) is 0. The Morgan fingerprint density at radius 1 is 0.900 bits per heavy atom. The van der Waals surface area contributed by atoms with Crippen molar-refractivity contribution in [3.05, 3.63) is 24.4 Å². The number of carbonyl (C=O) groups excluding carboxylic acids is 2. The molecule has 6 nitrogen and oxygen atoms in total. The fourth-order valence-electron chi connectivity index (χ4n) is 5.32. The van der Waals surface area contributed by atoms with Gasteiger partial charge in [0.25, 0.3) is 0 Å². The quantitative estimate of drug-likeness (QED) is 0.744. The Balaban J connectivity index is 1.20. The molecule has 30 heavy (non-hydrogen) atoms. The van der Waals surface area contributed by atoms with Gasteiger partial charge in [0.15, 0.2) is 0 Å². The van der Waals surface area contributed by atoms with Crippen LogP contribution in [0.25, 0.3) is 0 Å². The molecule has 0 unspecified atom stereocenters. The van der Waals surface area contributed by atoms with Crippen LogP contribution in [-0.4, -0.2) is 65.9 Å². The van der Waals surface area contributed by atoms with Crippen LogP contribution in [0.2, 0.25) is 0 Å². The summed E-state index contributed by atoms with van der Waals surface area (Å²) in [6.45, 7) is 5.00. The first-order valence-corrected chi connectivity index (χ1v) is 11.9. The van der Waals surface area contributed by atoms with E-state index in [1.54, 1.807) is 0 Å². The van der Waals surface area contributed by atoms with Crippen LogP contribution in [0.15, 0.2) is 24.4 Å². The number of aromatic nitrogens is 1. The number of rotatable bonds is 5. The van der Waals surface area contributed by atoms with Crippen molar-refractivity contribution in [2.75, 3.05) is 44.2 Å². The molecule has 0 radical (unpaired) electrons. The van der Waals surface area contributed by atoms with Gasteiger partial charge in [0, 0.05) is 57.8 Å². The summed E-state index contributed by atoms with van der Waals surface area (Å²) in [4.78, 5) is 36.4. The van der Waals surface area contributed by atoms with E-state index >= 15 is 0 Å². The van der Waals surface area contributed by atoms with Crippen LogP contribution in [0, 0.1) is 11.8 Å². The van der Waals surface area contributed by atoms with Crippen molar-refractivity contribution in [1.29, 1.82) is 0 Å². The van der Waals surface area contributed by atoms with Crippen LogP contribution in [0.3, 0.4) is 0 Å². The number of piperazine rings is 1. The van der Waals surface area contributed by atoms with E-state index in [4.69, 9.17) is 0 Å². The molecule has 6 heteroatoms. The molecule has 3 heterocycles. The first kappa shape index (κ1) is 21.1. The van der Waals surface area contributed by atoms with Gasteiger partial charge in [0.2, 0.25) is 11.8 Å². The Kier molecular flexibility index (Phi) is 7.24. The number of hydrogen-bond acceptors (Lipinski definition) is 4. The van der Waals surface area contributed by atoms with Crippen LogP contribution < -0.4 is 4.90 Å². The predicted octanol–water partition coefficient (Wildman–Crippen LogP) is 3.33. The molecule has 3 fully saturated rings. The van der Waals surface area contributed by atoms with E-state index in [1.165, 1.54) is 19.3 Å². The lowest BCUT2D eigenvalue weighted by Crippen LogP contribution is -2.49. The summed E-state index contributed by atoms with van der Waals surface area (Å²) in [6.07, 6.45) is 11.4. The molecule has 1 atom stereocenters. The zero-order valence-electron chi connectivity index (χ0n) is 18.2. The van der Waals surface area contributed by atoms with E-state index in [0.29, 0.717) is 18.2 Å². The van der Waals surface area contributed by atoms with E-state index in [9.17, 15) is 9.59 Å². The summed E-state index contributed by atoms with van der Waals surface area (Å²) >= 11 is 0. The number of piperidine rings is 1. The minimum atomic E-state index is 0.259. The molecule has 1 aromatic heterocycles. The lowest BCUT2D eigenvalue weighted by molar-refractivity contribution is -0.138. The highest BCUT2D eigenvalue weighted by molar-refractivity contribution is 5.79. The highest BCUT2D eigenvalue weighted by Crippen LogP contribution is 2.28. The van der Waals surface area contributed by atoms with E-state index < -0.39 is 0 Å². The van der Waals surface area contributed by atoms with Crippen LogP contribution in [0.4, 0.5) is 5.82 Å². The van der Waals surface area contributed by atoms with Crippen LogP contribution in [-0.2, 0) is 9.59 Å². The molecule has 1 aliphatic carbocycles. The molecule has 2 amide bonds. The molecule has 4 rings (SSSR count). The lowest BCUT2D eigenvalue weighted by Gasteiger charge is -2.37. The van der Waals surface area contributed by atoms with Crippen molar-refractivity contribution < 1.29 is 9.59 Å². The SMILES string of the molecule is O=C(CC[C@@H]1CCCN(C(=O)C2CCCCC2)C1)N1CCN(c2ccccn2)CC1. The van der Waals surface area contributed by atoms with Gasteiger partial charge in [-0.1, -0.05) is 25.3 Å². The maximum atomic E-state index is 12.9. The molecule has 0 N–H and O–H groups in total. The van der Waals surface area contributed by atoms with Crippen molar-refractivity contribution in [2.24, 2.45) is 11.8 Å². The summed E-state index contributed by atoms with van der Waals surface area (Å²) in [5.74, 6) is 2.39. The Hall–Kier alpha value is -2.11. The highest BCUT2D eigenvalue weighted by Gasteiger charge is 2.30. The molecule has 1 saturated carbocycles. The largest absolute Gasteiger partial charge is 0.353 e. The molecule has 0 bridgehead atoms. The third-order valence-electron chi connectivity index (χ3n) is 7.16. The van der Waals surface area contributed by atoms with E-state index in [0.717, 1.165) is 77.2 Å². The standard InChI is InChI=1S/C24H36N4O2/c29-23(27-17-15-26(16-18-27)22-10-4-5-13-25-22)12-11-20-7-6-14-28(19-20)24(30)21-8-2-1-3-9-21/h4-5,10,13,20-21H,1-3,6-9,11-12,14-19H2/t20-/m0/s1. The van der Waals surface area contributed by atoms with Gasteiger partial charge in [0.1, 0.15) is 5.82 Å². The Morgan fingerprint density at radius 2 is 1.70 bits per heavy atom. The smallest absolute Gasteiger partial charge is 0.225 e. The maximum absolute atomic E-state index is 12.9. The van der Waals surface area contributed by atoms with Crippen LogP contribution >= 0.6 is 0 Å². The van der Waals surface area contributed by atoms with Crippen LogP contribution in [0.5, 0.6) is 0 Å². The van der Waals surface area contributed by atoms with Crippen molar-refractivity contribution in [1.82, 2.24) is 14.8 Å². The van der Waals surface area contributed by atoms with Crippen LogP contribution in [0.1, 0.15) is 57.8 Å². The number of hydrogen-bond donors (Lipinski definition) is 0. The fraction of sp³-hybridized carbons (Fsp3) is 0.708. The minimum Gasteiger partial charge on any atom is -0.353 e. The zero-order valence-corrected chi connectivity index (χ0v) is 18.2. The molecule has 164 valence electrons. The van der Waals surface area contributed by atoms with Crippen molar-refractivity contribution in [3.8, 4) is 0 Å². The lowest BCUT2D eigenvalue weighted by atomic mass is 9.86. The monoisotopic (exact) mass is 412 g/mol. The second-order valence-corrected chi connectivity index (χ2v) is 9.22. The Labute approximate surface area is 180 Å². The summed E-state index contributed by atoms with van der Waals surface area (Å²) in [5, 5.41) is 0. The van der Waals surface area contributed by atoms with Gasteiger partial charge in [-0.25, -0.2) is 4.98 Å². The zero-order chi connectivity index (χ0) is 20.8. The van der Waals surface area contributed by atoms with Gasteiger partial charge in [0.05, 0.1) is 0 Å². The van der Waals surface area contributed by atoms with Gasteiger partial charge >= 0.3 is 0 Å². The van der Waals surface area contributed by atoms with Gasteiger partial charge in [-0.15, -0.1) is 0 Å². The third-order valence-corrected chi connectivity index (χ3v) is 7.16. The number of pyridine rings is 1. The second kappa shape index (κ2) is 10.3. The van der Waals surface area contributed by atoms with E-state index in [1.807, 2.05) is 29.3 Å². The molecule has 3 aliphatic rings. The van der Waals surface area contributed by atoms with Gasteiger partial charge < -0.3 is 14.7 Å². The number of nitrogens with zero attached hydrogens (tertiary/aromatic N) is 4. The molecule has 2 aliphatic heterocycles.